The van der Waals surface area contributed by atoms with E-state index in [1.165, 1.54) is 25.0 Å². The zero-order valence-electron chi connectivity index (χ0n) is 11.1. The highest BCUT2D eigenvalue weighted by Crippen LogP contribution is 2.27. The molecular weight excluding hydrogens is 184 g/mol. The molecule has 0 radical (unpaired) electrons. The smallest absolute Gasteiger partial charge is 0.0213 e. The monoisotopic (exact) mass is 212 g/mol. The van der Waals surface area contributed by atoms with Crippen molar-refractivity contribution >= 4 is 0 Å². The van der Waals surface area contributed by atoms with Gasteiger partial charge < -0.3 is 5.73 Å². The van der Waals surface area contributed by atoms with Gasteiger partial charge in [0.15, 0.2) is 0 Å². The van der Waals surface area contributed by atoms with Crippen molar-refractivity contribution in [1.29, 1.82) is 0 Å². The highest BCUT2D eigenvalue weighted by molar-refractivity contribution is 5.16. The Bertz CT molecular complexity index is 177. The number of fused-ring (bicyclic) bond motifs is 1. The third-order valence-corrected chi connectivity index (χ3v) is 2.94. The molecule has 2 rings (SSSR count). The summed E-state index contributed by atoms with van der Waals surface area (Å²) in [6.07, 6.45) is 3.84. The van der Waals surface area contributed by atoms with Crippen LogP contribution in [0.5, 0.6) is 0 Å². The Kier molecular flexibility index (Phi) is 7.49. The second-order valence-corrected chi connectivity index (χ2v) is 3.78. The zero-order valence-corrected chi connectivity index (χ0v) is 11.1. The van der Waals surface area contributed by atoms with Gasteiger partial charge in [-0.05, 0) is 31.9 Å². The fraction of sp³-hybridized carbons (Fsp3) is 0.846. The summed E-state index contributed by atoms with van der Waals surface area (Å²) in [6, 6.07) is 0.777. The Morgan fingerprint density at radius 2 is 1.80 bits per heavy atom. The molecule has 0 aliphatic carbocycles. The van der Waals surface area contributed by atoms with E-state index in [1.54, 1.807) is 0 Å². The molecule has 1 atom stereocenters. The molecule has 90 valence electrons. The third-order valence-electron chi connectivity index (χ3n) is 2.94. The fourth-order valence-electron chi connectivity index (χ4n) is 2.17. The van der Waals surface area contributed by atoms with Gasteiger partial charge in [-0.25, -0.2) is 0 Å². The minimum Gasteiger partial charge on any atom is -0.402 e. The maximum absolute atomic E-state index is 5.89. The largest absolute Gasteiger partial charge is 0.402 e. The summed E-state index contributed by atoms with van der Waals surface area (Å²) in [5.41, 5.74) is 8.43. The van der Waals surface area contributed by atoms with Crippen LogP contribution in [-0.4, -0.2) is 24.0 Å². The standard InChI is InChI=1S/C9H16N2.2C2H6/c1-7-6-11-4-2-3-8(11)5-9(7)10;2*1-2/h8H,2-6,10H2,1H3;2*1-2H3. The summed E-state index contributed by atoms with van der Waals surface area (Å²) in [5, 5.41) is 0. The Morgan fingerprint density at radius 3 is 2.40 bits per heavy atom. The van der Waals surface area contributed by atoms with E-state index in [0.717, 1.165) is 24.7 Å². The molecule has 0 aromatic heterocycles. The van der Waals surface area contributed by atoms with Crippen LogP contribution in [0.25, 0.3) is 0 Å². The van der Waals surface area contributed by atoms with Crippen molar-refractivity contribution in [2.45, 2.75) is 59.9 Å². The molecule has 2 N–H and O–H groups in total. The topological polar surface area (TPSA) is 29.3 Å². The molecule has 2 aliphatic heterocycles. The van der Waals surface area contributed by atoms with E-state index >= 15 is 0 Å². The summed E-state index contributed by atoms with van der Waals surface area (Å²) in [4.78, 5) is 2.56. The van der Waals surface area contributed by atoms with Crippen molar-refractivity contribution in [3.05, 3.63) is 11.3 Å². The Hall–Kier alpha value is -0.500. The predicted molar refractivity (Wildman–Crippen MR) is 68.8 cm³/mol. The van der Waals surface area contributed by atoms with Crippen LogP contribution in [0.15, 0.2) is 11.3 Å². The van der Waals surface area contributed by atoms with Crippen molar-refractivity contribution in [3.8, 4) is 0 Å². The van der Waals surface area contributed by atoms with Gasteiger partial charge in [0.2, 0.25) is 0 Å². The summed E-state index contributed by atoms with van der Waals surface area (Å²) in [5.74, 6) is 0. The van der Waals surface area contributed by atoms with Gasteiger partial charge in [0, 0.05) is 24.7 Å². The van der Waals surface area contributed by atoms with Gasteiger partial charge in [0.25, 0.3) is 0 Å². The maximum Gasteiger partial charge on any atom is 0.0213 e. The summed E-state index contributed by atoms with van der Waals surface area (Å²) >= 11 is 0. The number of hydrogen-bond acceptors (Lipinski definition) is 2. The number of nitrogens with two attached hydrogens (primary N) is 1. The molecule has 0 aromatic carbocycles. The molecule has 2 nitrogen and oxygen atoms in total. The molecular formula is C13H28N2. The van der Waals surface area contributed by atoms with E-state index in [0.29, 0.717) is 0 Å². The Balaban J connectivity index is 0.000000442. The van der Waals surface area contributed by atoms with Gasteiger partial charge >= 0.3 is 0 Å². The average molecular weight is 212 g/mol. The van der Waals surface area contributed by atoms with Crippen LogP contribution in [0.3, 0.4) is 0 Å². The average Bonchev–Trinajstić information content (AvgIpc) is 2.72. The van der Waals surface area contributed by atoms with Gasteiger partial charge in [0.05, 0.1) is 0 Å². The van der Waals surface area contributed by atoms with Gasteiger partial charge in [-0.2, -0.15) is 0 Å². The molecule has 1 fully saturated rings. The van der Waals surface area contributed by atoms with Crippen LogP contribution in [0.1, 0.15) is 53.9 Å². The first kappa shape index (κ1) is 14.5. The van der Waals surface area contributed by atoms with Gasteiger partial charge in [0.1, 0.15) is 0 Å². The van der Waals surface area contributed by atoms with E-state index in [1.807, 2.05) is 27.7 Å². The SMILES string of the molecule is CC.CC.CC1=C(N)CC2CCCN2C1. The minimum atomic E-state index is 0.777. The summed E-state index contributed by atoms with van der Waals surface area (Å²) < 4.78 is 0. The van der Waals surface area contributed by atoms with E-state index in [9.17, 15) is 0 Å². The van der Waals surface area contributed by atoms with E-state index in [-0.39, 0.29) is 0 Å². The molecule has 1 saturated heterocycles. The molecule has 1 unspecified atom stereocenters. The molecule has 2 aliphatic rings. The van der Waals surface area contributed by atoms with Crippen LogP contribution in [0, 0.1) is 0 Å². The first-order valence-electron chi connectivity index (χ1n) is 6.45. The highest BCUT2D eigenvalue weighted by atomic mass is 15.2. The molecule has 0 aromatic rings. The lowest BCUT2D eigenvalue weighted by Gasteiger charge is -2.30. The highest BCUT2D eigenvalue weighted by Gasteiger charge is 2.28. The molecule has 0 amide bonds. The van der Waals surface area contributed by atoms with Crippen molar-refractivity contribution in [3.63, 3.8) is 0 Å². The van der Waals surface area contributed by atoms with Crippen molar-refractivity contribution in [1.82, 2.24) is 4.90 Å². The van der Waals surface area contributed by atoms with Gasteiger partial charge in [-0.3, -0.25) is 4.90 Å². The van der Waals surface area contributed by atoms with Gasteiger partial charge in [-0.15, -0.1) is 0 Å². The molecule has 2 heteroatoms. The lowest BCUT2D eigenvalue weighted by Crippen LogP contribution is -2.36. The van der Waals surface area contributed by atoms with Crippen LogP contribution < -0.4 is 5.73 Å². The third kappa shape index (κ3) is 3.86. The Labute approximate surface area is 95.5 Å². The number of rotatable bonds is 0. The predicted octanol–water partition coefficient (Wildman–Crippen LogP) is 3.14. The Morgan fingerprint density at radius 1 is 1.20 bits per heavy atom. The van der Waals surface area contributed by atoms with Crippen LogP contribution in [0.4, 0.5) is 0 Å². The van der Waals surface area contributed by atoms with E-state index < -0.39 is 0 Å². The van der Waals surface area contributed by atoms with E-state index in [4.69, 9.17) is 5.73 Å². The maximum atomic E-state index is 5.89. The quantitative estimate of drug-likeness (QED) is 0.668. The second-order valence-electron chi connectivity index (χ2n) is 3.78. The van der Waals surface area contributed by atoms with Crippen LogP contribution in [-0.2, 0) is 0 Å². The first-order chi connectivity index (χ1) is 7.27. The molecule has 0 saturated carbocycles. The first-order valence-corrected chi connectivity index (χ1v) is 6.45. The second kappa shape index (κ2) is 7.75. The lowest BCUT2D eigenvalue weighted by atomic mass is 10.0. The minimum absolute atomic E-state index is 0.777. The molecule has 2 heterocycles. The number of hydrogen-bond donors (Lipinski definition) is 1. The summed E-state index contributed by atoms with van der Waals surface area (Å²) in [6.45, 7) is 12.6. The van der Waals surface area contributed by atoms with E-state index in [2.05, 4.69) is 11.8 Å². The van der Waals surface area contributed by atoms with Crippen molar-refractivity contribution < 1.29 is 0 Å². The molecule has 0 spiro atoms. The summed E-state index contributed by atoms with van der Waals surface area (Å²) in [7, 11) is 0. The zero-order chi connectivity index (χ0) is 11.8. The molecule has 0 bridgehead atoms. The normalized spacial score (nSPS) is 24.7. The molecule has 15 heavy (non-hydrogen) atoms. The van der Waals surface area contributed by atoms with Crippen molar-refractivity contribution in [2.24, 2.45) is 5.73 Å². The van der Waals surface area contributed by atoms with Gasteiger partial charge in [-0.1, -0.05) is 27.7 Å². The van der Waals surface area contributed by atoms with Crippen LogP contribution >= 0.6 is 0 Å². The fourth-order valence-corrected chi connectivity index (χ4v) is 2.17. The van der Waals surface area contributed by atoms with Crippen LogP contribution in [0.2, 0.25) is 0 Å². The van der Waals surface area contributed by atoms with Crippen molar-refractivity contribution in [2.75, 3.05) is 13.1 Å². The number of nitrogens with zero attached hydrogens (tertiary/aromatic N) is 1. The lowest BCUT2D eigenvalue weighted by molar-refractivity contribution is 0.256.